The Morgan fingerprint density at radius 3 is 2.29 bits per heavy atom. The molecule has 2 aromatic rings. The second-order valence-electron chi connectivity index (χ2n) is 9.33. The van der Waals surface area contributed by atoms with Crippen LogP contribution < -0.4 is 15.4 Å². The number of nitrogens with zero attached hydrogens (tertiary/aromatic N) is 5. The van der Waals surface area contributed by atoms with Crippen LogP contribution in [0.5, 0.6) is 5.75 Å². The summed E-state index contributed by atoms with van der Waals surface area (Å²) in [6.07, 6.45) is 7.29. The van der Waals surface area contributed by atoms with Crippen molar-refractivity contribution in [3.8, 4) is 5.75 Å². The SMILES string of the molecule is CC(C)N1CCC(Oc2ccc(N3CCN(C(C)C(=CN)c4ncccn4)CC3=O)cc2)CC1. The van der Waals surface area contributed by atoms with Crippen molar-refractivity contribution < 1.29 is 9.53 Å². The zero-order valence-corrected chi connectivity index (χ0v) is 20.4. The Hall–Kier alpha value is -2.97. The number of likely N-dealkylation sites (tertiary alicyclic amines) is 1. The summed E-state index contributed by atoms with van der Waals surface area (Å²) in [4.78, 5) is 28.1. The Labute approximate surface area is 202 Å². The van der Waals surface area contributed by atoms with Gasteiger partial charge in [-0.15, -0.1) is 0 Å². The summed E-state index contributed by atoms with van der Waals surface area (Å²) in [7, 11) is 0. The molecule has 0 spiro atoms. The zero-order valence-electron chi connectivity index (χ0n) is 20.4. The first-order valence-electron chi connectivity index (χ1n) is 12.2. The first kappa shape index (κ1) is 24.2. The monoisotopic (exact) mass is 464 g/mol. The number of nitrogens with two attached hydrogens (primary N) is 1. The second-order valence-corrected chi connectivity index (χ2v) is 9.33. The molecule has 2 aliphatic heterocycles. The van der Waals surface area contributed by atoms with E-state index < -0.39 is 0 Å². The van der Waals surface area contributed by atoms with Crippen LogP contribution in [0.3, 0.4) is 0 Å². The highest BCUT2D eigenvalue weighted by atomic mass is 16.5. The number of rotatable bonds is 7. The fraction of sp³-hybridized carbons (Fsp3) is 0.500. The number of amides is 1. The maximum absolute atomic E-state index is 13.0. The highest BCUT2D eigenvalue weighted by molar-refractivity contribution is 5.95. The van der Waals surface area contributed by atoms with Gasteiger partial charge in [0.25, 0.3) is 0 Å². The van der Waals surface area contributed by atoms with Crippen molar-refractivity contribution in [2.24, 2.45) is 5.73 Å². The molecule has 1 aromatic carbocycles. The Bertz CT molecular complexity index is 971. The van der Waals surface area contributed by atoms with Crippen LogP contribution in [0, 0.1) is 0 Å². The van der Waals surface area contributed by atoms with Crippen LogP contribution in [0.2, 0.25) is 0 Å². The Morgan fingerprint density at radius 2 is 1.71 bits per heavy atom. The van der Waals surface area contributed by atoms with E-state index >= 15 is 0 Å². The lowest BCUT2D eigenvalue weighted by Gasteiger charge is -2.38. The number of aromatic nitrogens is 2. The van der Waals surface area contributed by atoms with E-state index in [1.165, 1.54) is 0 Å². The quantitative estimate of drug-likeness (QED) is 0.674. The summed E-state index contributed by atoms with van der Waals surface area (Å²) in [5.41, 5.74) is 7.61. The third-order valence-electron chi connectivity index (χ3n) is 6.91. The molecular formula is C26H36N6O2. The number of piperidine rings is 1. The van der Waals surface area contributed by atoms with Crippen LogP contribution in [0.25, 0.3) is 5.57 Å². The first-order chi connectivity index (χ1) is 16.5. The Morgan fingerprint density at radius 1 is 1.03 bits per heavy atom. The van der Waals surface area contributed by atoms with Crippen molar-refractivity contribution in [3.63, 3.8) is 0 Å². The van der Waals surface area contributed by atoms with Gasteiger partial charge in [-0.05, 0) is 63.9 Å². The first-order valence-corrected chi connectivity index (χ1v) is 12.2. The lowest BCUT2D eigenvalue weighted by Crippen LogP contribution is -2.53. The summed E-state index contributed by atoms with van der Waals surface area (Å²) in [6, 6.07) is 10.2. The van der Waals surface area contributed by atoms with Gasteiger partial charge in [0.05, 0.1) is 6.54 Å². The molecule has 34 heavy (non-hydrogen) atoms. The van der Waals surface area contributed by atoms with Gasteiger partial charge in [0.2, 0.25) is 5.91 Å². The van der Waals surface area contributed by atoms with Crippen molar-refractivity contribution in [2.75, 3.05) is 37.6 Å². The molecule has 1 amide bonds. The van der Waals surface area contributed by atoms with Crippen LogP contribution >= 0.6 is 0 Å². The minimum atomic E-state index is -0.0589. The highest BCUT2D eigenvalue weighted by Gasteiger charge is 2.30. The van der Waals surface area contributed by atoms with E-state index in [-0.39, 0.29) is 18.1 Å². The third-order valence-corrected chi connectivity index (χ3v) is 6.91. The molecule has 8 heteroatoms. The molecule has 0 radical (unpaired) electrons. The van der Waals surface area contributed by atoms with Gasteiger partial charge in [0.15, 0.2) is 5.82 Å². The third kappa shape index (κ3) is 5.56. The van der Waals surface area contributed by atoms with E-state index in [4.69, 9.17) is 10.5 Å². The lowest BCUT2D eigenvalue weighted by atomic mass is 10.1. The number of benzene rings is 1. The lowest BCUT2D eigenvalue weighted by molar-refractivity contribution is -0.121. The number of carbonyl (C=O) groups excluding carboxylic acids is 1. The minimum Gasteiger partial charge on any atom is -0.490 e. The summed E-state index contributed by atoms with van der Waals surface area (Å²) >= 11 is 0. The Balaban J connectivity index is 1.32. The molecular weight excluding hydrogens is 428 g/mol. The van der Waals surface area contributed by atoms with Gasteiger partial charge in [-0.2, -0.15) is 0 Å². The molecule has 2 saturated heterocycles. The van der Waals surface area contributed by atoms with Crippen molar-refractivity contribution in [2.45, 2.75) is 51.8 Å². The van der Waals surface area contributed by atoms with Crippen molar-refractivity contribution >= 4 is 17.2 Å². The Kier molecular flexibility index (Phi) is 7.80. The number of hydrogen-bond donors (Lipinski definition) is 1. The molecule has 0 aliphatic carbocycles. The van der Waals surface area contributed by atoms with Crippen LogP contribution in [-0.4, -0.2) is 76.6 Å². The fourth-order valence-electron chi connectivity index (χ4n) is 4.75. The topological polar surface area (TPSA) is 87.8 Å². The molecule has 1 unspecified atom stereocenters. The summed E-state index contributed by atoms with van der Waals surface area (Å²) in [6.45, 7) is 10.4. The normalized spacial score (nSPS) is 20.1. The van der Waals surface area contributed by atoms with Crippen LogP contribution in [0.1, 0.15) is 39.4 Å². The van der Waals surface area contributed by atoms with Crippen LogP contribution in [0.15, 0.2) is 48.9 Å². The summed E-state index contributed by atoms with van der Waals surface area (Å²) < 4.78 is 6.21. The fourth-order valence-corrected chi connectivity index (χ4v) is 4.75. The molecule has 3 heterocycles. The van der Waals surface area contributed by atoms with Crippen molar-refractivity contribution in [3.05, 3.63) is 54.7 Å². The van der Waals surface area contributed by atoms with Gasteiger partial charge in [-0.1, -0.05) is 0 Å². The minimum absolute atomic E-state index is 0.0589. The molecule has 0 bridgehead atoms. The van der Waals surface area contributed by atoms with E-state index in [9.17, 15) is 4.79 Å². The van der Waals surface area contributed by atoms with E-state index in [0.29, 0.717) is 25.0 Å². The molecule has 0 saturated carbocycles. The van der Waals surface area contributed by atoms with E-state index in [0.717, 1.165) is 49.5 Å². The van der Waals surface area contributed by atoms with Gasteiger partial charge in [-0.25, -0.2) is 9.97 Å². The zero-order chi connectivity index (χ0) is 24.1. The smallest absolute Gasteiger partial charge is 0.241 e. The molecule has 1 aromatic heterocycles. The molecule has 8 nitrogen and oxygen atoms in total. The predicted molar refractivity (Wildman–Crippen MR) is 134 cm³/mol. The summed E-state index contributed by atoms with van der Waals surface area (Å²) in [5.74, 6) is 1.53. The van der Waals surface area contributed by atoms with E-state index in [2.05, 4.69) is 33.6 Å². The van der Waals surface area contributed by atoms with Gasteiger partial charge in [-0.3, -0.25) is 9.69 Å². The predicted octanol–water partition coefficient (Wildman–Crippen LogP) is 2.77. The van der Waals surface area contributed by atoms with Gasteiger partial charge in [0.1, 0.15) is 11.9 Å². The average Bonchev–Trinajstić information content (AvgIpc) is 2.86. The number of piperazine rings is 1. The summed E-state index contributed by atoms with van der Waals surface area (Å²) in [5, 5.41) is 0. The number of anilines is 1. The standard InChI is InChI=1S/C26H36N6O2/c1-19(2)30-13-9-23(10-14-30)34-22-7-5-21(6-8-22)32-16-15-31(18-25(32)33)20(3)24(17-27)26-28-11-4-12-29-26/h4-8,11-12,17,19-20,23H,9-10,13-16,18,27H2,1-3H3. The second kappa shape index (κ2) is 11.0. The highest BCUT2D eigenvalue weighted by Crippen LogP contribution is 2.26. The van der Waals surface area contributed by atoms with Gasteiger partial charge in [0, 0.05) is 68.1 Å². The maximum atomic E-state index is 13.0. The van der Waals surface area contributed by atoms with Gasteiger partial charge < -0.3 is 20.3 Å². The van der Waals surface area contributed by atoms with Crippen molar-refractivity contribution in [1.82, 2.24) is 19.8 Å². The maximum Gasteiger partial charge on any atom is 0.241 e. The largest absolute Gasteiger partial charge is 0.490 e. The molecule has 1 atom stereocenters. The van der Waals surface area contributed by atoms with E-state index in [1.54, 1.807) is 24.7 Å². The number of carbonyl (C=O) groups is 1. The number of hydrogen-bond acceptors (Lipinski definition) is 7. The molecule has 2 fully saturated rings. The molecule has 2 N–H and O–H groups in total. The molecule has 182 valence electrons. The molecule has 4 rings (SSSR count). The number of ether oxygens (including phenoxy) is 1. The van der Waals surface area contributed by atoms with Crippen LogP contribution in [-0.2, 0) is 4.79 Å². The van der Waals surface area contributed by atoms with Gasteiger partial charge >= 0.3 is 0 Å². The molecule has 2 aliphatic rings. The van der Waals surface area contributed by atoms with E-state index in [1.807, 2.05) is 36.1 Å². The van der Waals surface area contributed by atoms with Crippen molar-refractivity contribution in [1.29, 1.82) is 0 Å². The van der Waals surface area contributed by atoms with Crippen LogP contribution in [0.4, 0.5) is 5.69 Å². The average molecular weight is 465 g/mol.